The lowest BCUT2D eigenvalue weighted by molar-refractivity contribution is -0.116. The third kappa shape index (κ3) is 3.80. The maximum absolute atomic E-state index is 11.9. The van der Waals surface area contributed by atoms with Crippen LogP contribution in [0.15, 0.2) is 24.3 Å². The highest BCUT2D eigenvalue weighted by Gasteiger charge is 2.26. The van der Waals surface area contributed by atoms with E-state index in [4.69, 9.17) is 11.0 Å². The van der Waals surface area contributed by atoms with Crippen LogP contribution in [0.3, 0.4) is 0 Å². The van der Waals surface area contributed by atoms with E-state index in [-0.39, 0.29) is 11.9 Å². The first kappa shape index (κ1) is 14.5. The van der Waals surface area contributed by atoms with E-state index in [0.29, 0.717) is 17.9 Å². The summed E-state index contributed by atoms with van der Waals surface area (Å²) >= 11 is 0. The SMILES string of the molecule is CC1CN(CCC(=O)Nc2ccc(C#N)cc2)CC1N. The molecule has 2 rings (SSSR count). The Kier molecular flexibility index (Phi) is 4.72. The van der Waals surface area contributed by atoms with Gasteiger partial charge in [-0.05, 0) is 30.2 Å². The Balaban J connectivity index is 1.76. The molecule has 0 radical (unpaired) electrons. The predicted molar refractivity (Wildman–Crippen MR) is 78.0 cm³/mol. The Morgan fingerprint density at radius 1 is 1.45 bits per heavy atom. The summed E-state index contributed by atoms with van der Waals surface area (Å²) in [7, 11) is 0. The number of rotatable bonds is 4. The smallest absolute Gasteiger partial charge is 0.225 e. The minimum absolute atomic E-state index is 0.0113. The van der Waals surface area contributed by atoms with Gasteiger partial charge in [-0.25, -0.2) is 0 Å². The molecule has 0 saturated carbocycles. The molecular formula is C15H20N4O. The van der Waals surface area contributed by atoms with Crippen LogP contribution in [0.25, 0.3) is 0 Å². The van der Waals surface area contributed by atoms with Crippen molar-refractivity contribution in [2.24, 2.45) is 11.7 Å². The van der Waals surface area contributed by atoms with Gasteiger partial charge in [-0.3, -0.25) is 4.79 Å². The molecule has 0 spiro atoms. The highest BCUT2D eigenvalue weighted by molar-refractivity contribution is 5.90. The molecular weight excluding hydrogens is 252 g/mol. The number of carbonyl (C=O) groups excluding carboxylic acids is 1. The lowest BCUT2D eigenvalue weighted by atomic mass is 10.1. The second-order valence-corrected chi connectivity index (χ2v) is 5.39. The maximum Gasteiger partial charge on any atom is 0.225 e. The minimum atomic E-state index is -0.0113. The van der Waals surface area contributed by atoms with Crippen molar-refractivity contribution < 1.29 is 4.79 Å². The van der Waals surface area contributed by atoms with Gasteiger partial charge in [-0.1, -0.05) is 6.92 Å². The molecule has 0 bridgehead atoms. The molecule has 1 aliphatic rings. The van der Waals surface area contributed by atoms with E-state index >= 15 is 0 Å². The molecule has 20 heavy (non-hydrogen) atoms. The van der Waals surface area contributed by atoms with Crippen molar-refractivity contribution in [1.29, 1.82) is 5.26 Å². The average molecular weight is 272 g/mol. The van der Waals surface area contributed by atoms with Crippen molar-refractivity contribution in [3.63, 3.8) is 0 Å². The standard InChI is InChI=1S/C15H20N4O/c1-11-9-19(10-14(11)17)7-6-15(20)18-13-4-2-12(8-16)3-5-13/h2-5,11,14H,6-7,9-10,17H2,1H3,(H,18,20). The van der Waals surface area contributed by atoms with Crippen LogP contribution in [0.5, 0.6) is 0 Å². The van der Waals surface area contributed by atoms with Crippen LogP contribution in [0.1, 0.15) is 18.9 Å². The quantitative estimate of drug-likeness (QED) is 0.862. The molecule has 1 aromatic carbocycles. The third-order valence-corrected chi connectivity index (χ3v) is 3.70. The van der Waals surface area contributed by atoms with E-state index < -0.39 is 0 Å². The van der Waals surface area contributed by atoms with Gasteiger partial charge in [0.25, 0.3) is 0 Å². The molecule has 106 valence electrons. The molecule has 0 aliphatic carbocycles. The Morgan fingerprint density at radius 3 is 2.70 bits per heavy atom. The number of hydrogen-bond acceptors (Lipinski definition) is 4. The summed E-state index contributed by atoms with van der Waals surface area (Å²) in [5.74, 6) is 0.486. The van der Waals surface area contributed by atoms with Gasteiger partial charge >= 0.3 is 0 Å². The molecule has 1 saturated heterocycles. The van der Waals surface area contributed by atoms with E-state index in [2.05, 4.69) is 17.1 Å². The molecule has 2 atom stereocenters. The minimum Gasteiger partial charge on any atom is -0.326 e. The zero-order valence-corrected chi connectivity index (χ0v) is 11.7. The first-order valence-corrected chi connectivity index (χ1v) is 6.86. The number of nitrogens with two attached hydrogens (primary N) is 1. The number of benzene rings is 1. The topological polar surface area (TPSA) is 82.2 Å². The summed E-state index contributed by atoms with van der Waals surface area (Å²) in [6.07, 6.45) is 0.458. The monoisotopic (exact) mass is 272 g/mol. The maximum atomic E-state index is 11.9. The molecule has 1 amide bonds. The van der Waals surface area contributed by atoms with Crippen LogP contribution in [0.2, 0.25) is 0 Å². The predicted octanol–water partition coefficient (Wildman–Crippen LogP) is 1.17. The molecule has 3 N–H and O–H groups in total. The van der Waals surface area contributed by atoms with Crippen molar-refractivity contribution in [2.75, 3.05) is 25.0 Å². The summed E-state index contributed by atoms with van der Waals surface area (Å²) in [4.78, 5) is 14.1. The Labute approximate surface area is 119 Å². The number of amides is 1. The fourth-order valence-corrected chi connectivity index (χ4v) is 2.39. The first-order valence-electron chi connectivity index (χ1n) is 6.86. The van der Waals surface area contributed by atoms with Crippen LogP contribution in [0.4, 0.5) is 5.69 Å². The Bertz CT molecular complexity index is 496. The Morgan fingerprint density at radius 2 is 2.15 bits per heavy atom. The van der Waals surface area contributed by atoms with Crippen LogP contribution >= 0.6 is 0 Å². The van der Waals surface area contributed by atoms with Gasteiger partial charge in [0.15, 0.2) is 0 Å². The zero-order chi connectivity index (χ0) is 14.5. The van der Waals surface area contributed by atoms with E-state index in [1.165, 1.54) is 0 Å². The summed E-state index contributed by atoms with van der Waals surface area (Å²) in [6.45, 7) is 4.71. The molecule has 2 unspecified atom stereocenters. The van der Waals surface area contributed by atoms with Crippen LogP contribution < -0.4 is 11.1 Å². The second kappa shape index (κ2) is 6.51. The summed E-state index contributed by atoms with van der Waals surface area (Å²) in [5, 5.41) is 11.5. The van der Waals surface area contributed by atoms with Gasteiger partial charge in [0, 0.05) is 37.8 Å². The van der Waals surface area contributed by atoms with E-state index in [0.717, 1.165) is 25.3 Å². The van der Waals surface area contributed by atoms with E-state index in [9.17, 15) is 4.79 Å². The van der Waals surface area contributed by atoms with Crippen molar-refractivity contribution in [3.8, 4) is 6.07 Å². The Hall–Kier alpha value is -1.90. The second-order valence-electron chi connectivity index (χ2n) is 5.39. The van der Waals surface area contributed by atoms with E-state index in [1.807, 2.05) is 6.07 Å². The van der Waals surface area contributed by atoms with Crippen molar-refractivity contribution >= 4 is 11.6 Å². The normalized spacial score (nSPS) is 22.4. The highest BCUT2D eigenvalue weighted by atomic mass is 16.1. The number of carbonyl (C=O) groups is 1. The molecule has 1 heterocycles. The lowest BCUT2D eigenvalue weighted by Gasteiger charge is -2.14. The van der Waals surface area contributed by atoms with Crippen LogP contribution in [0, 0.1) is 17.2 Å². The molecule has 1 fully saturated rings. The van der Waals surface area contributed by atoms with Gasteiger partial charge in [0.1, 0.15) is 0 Å². The van der Waals surface area contributed by atoms with E-state index in [1.54, 1.807) is 24.3 Å². The van der Waals surface area contributed by atoms with Crippen LogP contribution in [-0.4, -0.2) is 36.5 Å². The first-order chi connectivity index (χ1) is 9.58. The zero-order valence-electron chi connectivity index (χ0n) is 11.7. The average Bonchev–Trinajstić information content (AvgIpc) is 2.76. The van der Waals surface area contributed by atoms with Crippen LogP contribution in [-0.2, 0) is 4.79 Å². The number of nitriles is 1. The molecule has 5 heteroatoms. The number of likely N-dealkylation sites (tertiary alicyclic amines) is 1. The number of hydrogen-bond donors (Lipinski definition) is 2. The number of nitrogens with zero attached hydrogens (tertiary/aromatic N) is 2. The summed E-state index contributed by atoms with van der Waals surface area (Å²) < 4.78 is 0. The van der Waals surface area contributed by atoms with Gasteiger partial charge in [0.05, 0.1) is 11.6 Å². The van der Waals surface area contributed by atoms with Crippen molar-refractivity contribution in [2.45, 2.75) is 19.4 Å². The molecule has 0 aromatic heterocycles. The lowest BCUT2D eigenvalue weighted by Crippen LogP contribution is -2.30. The van der Waals surface area contributed by atoms with Gasteiger partial charge < -0.3 is 16.0 Å². The fourth-order valence-electron chi connectivity index (χ4n) is 2.39. The number of anilines is 1. The van der Waals surface area contributed by atoms with Crippen molar-refractivity contribution in [1.82, 2.24) is 4.90 Å². The van der Waals surface area contributed by atoms with Gasteiger partial charge in [-0.15, -0.1) is 0 Å². The summed E-state index contributed by atoms with van der Waals surface area (Å²) in [6, 6.07) is 9.13. The highest BCUT2D eigenvalue weighted by Crippen LogP contribution is 2.15. The molecule has 1 aromatic rings. The molecule has 5 nitrogen and oxygen atoms in total. The van der Waals surface area contributed by atoms with Gasteiger partial charge in [0.2, 0.25) is 5.91 Å². The fraction of sp³-hybridized carbons (Fsp3) is 0.467. The van der Waals surface area contributed by atoms with Gasteiger partial charge in [-0.2, -0.15) is 5.26 Å². The van der Waals surface area contributed by atoms with Crippen molar-refractivity contribution in [3.05, 3.63) is 29.8 Å². The summed E-state index contributed by atoms with van der Waals surface area (Å²) in [5.41, 5.74) is 7.27. The largest absolute Gasteiger partial charge is 0.326 e. The molecule has 1 aliphatic heterocycles. The third-order valence-electron chi connectivity index (χ3n) is 3.70. The number of nitrogens with one attached hydrogen (secondary N) is 1.